The molecule has 0 radical (unpaired) electrons. The number of amides is 1. The lowest BCUT2D eigenvalue weighted by Gasteiger charge is -2.35. The highest BCUT2D eigenvalue weighted by atomic mass is 16.6. The van der Waals surface area contributed by atoms with E-state index in [-0.39, 0.29) is 5.92 Å². The van der Waals surface area contributed by atoms with Gasteiger partial charge < -0.3 is 25.0 Å². The smallest absolute Gasteiger partial charge is 0.337 e. The Balaban J connectivity index is 1.64. The van der Waals surface area contributed by atoms with E-state index in [1.54, 1.807) is 0 Å². The van der Waals surface area contributed by atoms with Gasteiger partial charge in [-0.15, -0.1) is 0 Å². The third-order valence-corrected chi connectivity index (χ3v) is 5.53. The molecule has 1 aromatic carbocycles. The fourth-order valence-corrected chi connectivity index (χ4v) is 3.92. The number of carbonyl (C=O) groups is 2. The third kappa shape index (κ3) is 2.80. The summed E-state index contributed by atoms with van der Waals surface area (Å²) in [6.45, 7) is 3.65. The molecule has 2 aliphatic rings. The predicted molar refractivity (Wildman–Crippen MR) is 91.8 cm³/mol. The molecule has 1 aromatic rings. The summed E-state index contributed by atoms with van der Waals surface area (Å²) in [6, 6.07) is 9.76. The number of benzene rings is 1. The van der Waals surface area contributed by atoms with Crippen molar-refractivity contribution in [3.63, 3.8) is 0 Å². The summed E-state index contributed by atoms with van der Waals surface area (Å²) in [6.07, 6.45) is -0.552. The molecule has 2 saturated heterocycles. The minimum Gasteiger partial charge on any atom is -0.457 e. The molecule has 0 aliphatic carbocycles. The van der Waals surface area contributed by atoms with Crippen LogP contribution in [-0.2, 0) is 25.7 Å². The lowest BCUT2D eigenvalue weighted by atomic mass is 9.73. The van der Waals surface area contributed by atoms with E-state index in [0.717, 1.165) is 5.56 Å². The van der Waals surface area contributed by atoms with Gasteiger partial charge in [-0.05, 0) is 17.9 Å². The van der Waals surface area contributed by atoms with Crippen LogP contribution in [-0.4, -0.2) is 52.5 Å². The second-order valence-corrected chi connectivity index (χ2v) is 7.34. The first-order chi connectivity index (χ1) is 12.3. The van der Waals surface area contributed by atoms with Gasteiger partial charge in [-0.1, -0.05) is 44.2 Å². The Bertz CT molecular complexity index is 680. The fraction of sp³-hybridized carbons (Fsp3) is 0.579. The zero-order valence-electron chi connectivity index (χ0n) is 15.0. The Hall–Kier alpha value is -1.96. The summed E-state index contributed by atoms with van der Waals surface area (Å²) < 4.78 is 11.1. The Morgan fingerprint density at radius 1 is 1.31 bits per heavy atom. The Labute approximate surface area is 152 Å². The number of cyclic esters (lactones) is 1. The van der Waals surface area contributed by atoms with Crippen LogP contribution in [0.4, 0.5) is 0 Å². The number of nitrogens with one attached hydrogen (secondary N) is 1. The highest BCUT2D eigenvalue weighted by Crippen LogP contribution is 2.47. The molecule has 0 spiro atoms. The van der Waals surface area contributed by atoms with Gasteiger partial charge in [-0.25, -0.2) is 4.79 Å². The van der Waals surface area contributed by atoms with Crippen LogP contribution in [0.3, 0.4) is 0 Å². The normalized spacial score (nSPS) is 34.3. The standard InChI is InChI=1S/C19H25NO6/c1-12(9-25-10-14-6-4-3-5-7-14)8-15-19(24)13(2)16(22)20-18(19,11-21)17(23)26-15/h3-7,12-13,15,21,24H,8-11H2,1-2H3,(H,20,22)/t12-,13+,15-,18-,19-/m1/s1. The molecule has 0 unspecified atom stereocenters. The molecule has 5 atom stereocenters. The molecule has 7 nitrogen and oxygen atoms in total. The second-order valence-electron chi connectivity index (χ2n) is 7.34. The van der Waals surface area contributed by atoms with Crippen molar-refractivity contribution in [1.82, 2.24) is 5.32 Å². The highest BCUT2D eigenvalue weighted by Gasteiger charge is 2.75. The van der Waals surface area contributed by atoms with Gasteiger partial charge in [0.25, 0.3) is 0 Å². The molecular formula is C19H25NO6. The van der Waals surface area contributed by atoms with Gasteiger partial charge in [-0.3, -0.25) is 4.79 Å². The maximum atomic E-state index is 12.3. The average molecular weight is 363 g/mol. The molecule has 2 aliphatic heterocycles. The predicted octanol–water partition coefficient (Wildman–Crippen LogP) is 0.383. The molecule has 2 heterocycles. The topological polar surface area (TPSA) is 105 Å². The van der Waals surface area contributed by atoms with Gasteiger partial charge in [0, 0.05) is 6.61 Å². The number of ether oxygens (including phenoxy) is 2. The maximum Gasteiger partial charge on any atom is 0.337 e. The SMILES string of the molecule is C[C@@H](COCc1ccccc1)C[C@H]1OC(=O)[C@@]2(CO)NC(=O)[C@H](C)[C@@]12O. The molecule has 26 heavy (non-hydrogen) atoms. The van der Waals surface area contributed by atoms with Gasteiger partial charge in [0.1, 0.15) is 11.7 Å². The zero-order chi connectivity index (χ0) is 18.9. The summed E-state index contributed by atoms with van der Waals surface area (Å²) in [5.41, 5.74) is -2.49. The van der Waals surface area contributed by atoms with Crippen molar-refractivity contribution in [2.24, 2.45) is 11.8 Å². The molecule has 0 aromatic heterocycles. The third-order valence-electron chi connectivity index (χ3n) is 5.53. The lowest BCUT2D eigenvalue weighted by Crippen LogP contribution is -2.64. The van der Waals surface area contributed by atoms with Crippen molar-refractivity contribution in [1.29, 1.82) is 0 Å². The quantitative estimate of drug-likeness (QED) is 0.605. The first-order valence-corrected chi connectivity index (χ1v) is 8.83. The number of esters is 1. The van der Waals surface area contributed by atoms with Crippen LogP contribution in [0.5, 0.6) is 0 Å². The average Bonchev–Trinajstić information content (AvgIpc) is 2.96. The number of aliphatic hydroxyl groups is 2. The van der Waals surface area contributed by atoms with E-state index in [0.29, 0.717) is 19.6 Å². The number of rotatable bonds is 7. The largest absolute Gasteiger partial charge is 0.457 e. The molecular weight excluding hydrogens is 338 g/mol. The number of aliphatic hydroxyl groups excluding tert-OH is 1. The number of fused-ring (bicyclic) bond motifs is 1. The van der Waals surface area contributed by atoms with E-state index < -0.39 is 41.6 Å². The highest BCUT2D eigenvalue weighted by molar-refractivity contribution is 5.98. The van der Waals surface area contributed by atoms with Crippen molar-refractivity contribution in [3.8, 4) is 0 Å². The van der Waals surface area contributed by atoms with E-state index in [1.165, 1.54) is 6.92 Å². The van der Waals surface area contributed by atoms with Crippen molar-refractivity contribution in [2.75, 3.05) is 13.2 Å². The van der Waals surface area contributed by atoms with E-state index in [4.69, 9.17) is 9.47 Å². The van der Waals surface area contributed by atoms with Crippen LogP contribution in [0.2, 0.25) is 0 Å². The Kier molecular flexibility index (Phi) is 5.05. The van der Waals surface area contributed by atoms with Crippen molar-refractivity contribution >= 4 is 11.9 Å². The second kappa shape index (κ2) is 6.98. The Morgan fingerprint density at radius 2 is 2.00 bits per heavy atom. The summed E-state index contributed by atoms with van der Waals surface area (Å²) >= 11 is 0. The fourth-order valence-electron chi connectivity index (χ4n) is 3.92. The van der Waals surface area contributed by atoms with Crippen LogP contribution in [0.15, 0.2) is 30.3 Å². The van der Waals surface area contributed by atoms with E-state index in [2.05, 4.69) is 5.32 Å². The van der Waals surface area contributed by atoms with Gasteiger partial charge in [0.2, 0.25) is 5.91 Å². The van der Waals surface area contributed by atoms with Crippen molar-refractivity contribution < 1.29 is 29.3 Å². The van der Waals surface area contributed by atoms with Crippen molar-refractivity contribution in [3.05, 3.63) is 35.9 Å². The minimum atomic E-state index is -1.78. The van der Waals surface area contributed by atoms with Crippen LogP contribution >= 0.6 is 0 Å². The van der Waals surface area contributed by atoms with Gasteiger partial charge in [-0.2, -0.15) is 0 Å². The summed E-state index contributed by atoms with van der Waals surface area (Å²) in [5.74, 6) is -2.12. The molecule has 1 amide bonds. The Morgan fingerprint density at radius 3 is 2.65 bits per heavy atom. The van der Waals surface area contributed by atoms with Crippen LogP contribution < -0.4 is 5.32 Å². The maximum absolute atomic E-state index is 12.3. The monoisotopic (exact) mass is 363 g/mol. The summed E-state index contributed by atoms with van der Waals surface area (Å²) in [5, 5.41) is 23.3. The minimum absolute atomic E-state index is 0.0158. The number of hydrogen-bond donors (Lipinski definition) is 3. The molecule has 0 saturated carbocycles. The molecule has 3 rings (SSSR count). The first-order valence-electron chi connectivity index (χ1n) is 8.83. The molecule has 2 fully saturated rings. The van der Waals surface area contributed by atoms with Crippen LogP contribution in [0.25, 0.3) is 0 Å². The van der Waals surface area contributed by atoms with Crippen molar-refractivity contribution in [2.45, 2.75) is 44.1 Å². The van der Waals surface area contributed by atoms with Crippen LogP contribution in [0, 0.1) is 11.8 Å². The van der Waals surface area contributed by atoms with Crippen LogP contribution in [0.1, 0.15) is 25.8 Å². The van der Waals surface area contributed by atoms with Gasteiger partial charge in [0.05, 0.1) is 19.1 Å². The van der Waals surface area contributed by atoms with Gasteiger partial charge in [0.15, 0.2) is 5.54 Å². The van der Waals surface area contributed by atoms with E-state index in [9.17, 15) is 19.8 Å². The molecule has 7 heteroatoms. The first kappa shape index (κ1) is 18.8. The molecule has 3 N–H and O–H groups in total. The summed E-state index contributed by atoms with van der Waals surface area (Å²) in [4.78, 5) is 24.4. The molecule has 142 valence electrons. The number of carbonyl (C=O) groups excluding carboxylic acids is 2. The van der Waals surface area contributed by atoms with E-state index in [1.807, 2.05) is 37.3 Å². The number of hydrogen-bond acceptors (Lipinski definition) is 6. The molecule has 0 bridgehead atoms. The zero-order valence-corrected chi connectivity index (χ0v) is 15.0. The lowest BCUT2D eigenvalue weighted by molar-refractivity contribution is -0.150. The van der Waals surface area contributed by atoms with Gasteiger partial charge >= 0.3 is 5.97 Å². The van der Waals surface area contributed by atoms with E-state index >= 15 is 0 Å². The summed E-state index contributed by atoms with van der Waals surface area (Å²) in [7, 11) is 0.